The topological polar surface area (TPSA) is 60.9 Å². The van der Waals surface area contributed by atoms with Crippen LogP contribution < -0.4 is 9.80 Å². The molecule has 1 atom stereocenters. The highest BCUT2D eigenvalue weighted by Gasteiger charge is 2.45. The normalized spacial score (nSPS) is 16.3. The lowest BCUT2D eigenvalue weighted by molar-refractivity contribution is -0.117. The van der Waals surface area contributed by atoms with Crippen molar-refractivity contribution in [3.63, 3.8) is 0 Å². The number of carbonyl (C=O) groups excluding carboxylic acids is 2. The Bertz CT molecular complexity index is 1130. The van der Waals surface area contributed by atoms with E-state index in [0.29, 0.717) is 10.6 Å². The number of ketones is 1. The molecular weight excluding hydrogens is 396 g/mol. The second kappa shape index (κ2) is 7.80. The summed E-state index contributed by atoms with van der Waals surface area (Å²) in [6, 6.07) is 17.9. The van der Waals surface area contributed by atoms with Gasteiger partial charge in [-0.3, -0.25) is 14.5 Å². The Kier molecular flexibility index (Phi) is 5.18. The number of aliphatic hydroxyl groups is 1. The highest BCUT2D eigenvalue weighted by Crippen LogP contribution is 2.43. The number of benzene rings is 2. The summed E-state index contributed by atoms with van der Waals surface area (Å²) in [6.45, 7) is 1.94. The third kappa shape index (κ3) is 3.29. The van der Waals surface area contributed by atoms with E-state index >= 15 is 0 Å². The van der Waals surface area contributed by atoms with Crippen molar-refractivity contribution >= 4 is 34.4 Å². The van der Waals surface area contributed by atoms with Crippen molar-refractivity contribution in [2.45, 2.75) is 13.0 Å². The molecular formula is C24H22N2O3S. The zero-order valence-electron chi connectivity index (χ0n) is 17.0. The number of carbonyl (C=O) groups is 2. The Labute approximate surface area is 179 Å². The molecule has 0 aliphatic carbocycles. The number of hydrogen-bond donors (Lipinski definition) is 1. The largest absolute Gasteiger partial charge is 0.503 e. The monoisotopic (exact) mass is 418 g/mol. The maximum Gasteiger partial charge on any atom is 0.294 e. The molecule has 0 saturated heterocycles. The zero-order valence-corrected chi connectivity index (χ0v) is 17.8. The van der Waals surface area contributed by atoms with Crippen LogP contribution >= 0.6 is 11.3 Å². The average Bonchev–Trinajstić information content (AvgIpc) is 3.36. The molecule has 1 N–H and O–H groups in total. The first-order valence-electron chi connectivity index (χ1n) is 9.58. The summed E-state index contributed by atoms with van der Waals surface area (Å²) in [5.74, 6) is -1.38. The number of Topliss-reactive ketones (excluding diaryl/α,β-unsaturated/α-hetero) is 1. The summed E-state index contributed by atoms with van der Waals surface area (Å²) in [4.78, 5) is 30.4. The van der Waals surface area contributed by atoms with E-state index in [9.17, 15) is 14.7 Å². The number of hydrogen-bond acceptors (Lipinski definition) is 5. The molecule has 1 aromatic heterocycles. The molecule has 2 heterocycles. The second-order valence-corrected chi connectivity index (χ2v) is 8.36. The third-order valence-corrected chi connectivity index (χ3v) is 6.19. The van der Waals surface area contributed by atoms with E-state index in [1.54, 1.807) is 12.1 Å². The number of thiophene rings is 1. The maximum atomic E-state index is 13.3. The molecule has 1 amide bonds. The minimum Gasteiger partial charge on any atom is -0.503 e. The Morgan fingerprint density at radius 2 is 1.73 bits per heavy atom. The van der Waals surface area contributed by atoms with Crippen LogP contribution in [0.25, 0.3) is 0 Å². The van der Waals surface area contributed by atoms with Crippen LogP contribution in [0.2, 0.25) is 0 Å². The molecule has 1 aliphatic heterocycles. The van der Waals surface area contributed by atoms with Gasteiger partial charge in [0.15, 0.2) is 5.76 Å². The minimum atomic E-state index is -0.696. The van der Waals surface area contributed by atoms with Gasteiger partial charge in [0.2, 0.25) is 5.78 Å². The van der Waals surface area contributed by atoms with Gasteiger partial charge in [0.1, 0.15) is 0 Å². The summed E-state index contributed by atoms with van der Waals surface area (Å²) in [5, 5.41) is 12.6. The molecule has 5 nitrogen and oxygen atoms in total. The van der Waals surface area contributed by atoms with Crippen molar-refractivity contribution in [3.05, 3.63) is 93.4 Å². The highest BCUT2D eigenvalue weighted by atomic mass is 32.1. The van der Waals surface area contributed by atoms with Crippen LogP contribution in [0.4, 0.5) is 11.4 Å². The molecule has 3 aromatic rings. The van der Waals surface area contributed by atoms with E-state index in [1.807, 2.05) is 79.8 Å². The lowest BCUT2D eigenvalue weighted by Crippen LogP contribution is -2.31. The Morgan fingerprint density at radius 3 is 2.33 bits per heavy atom. The van der Waals surface area contributed by atoms with Gasteiger partial charge in [-0.1, -0.05) is 30.3 Å². The van der Waals surface area contributed by atoms with E-state index < -0.39 is 17.7 Å². The standard InChI is InChI=1S/C24H22N2O3S/c1-15-7-4-5-8-18(15)21-20(22(27)19-9-6-14-30-19)23(28)24(29)26(21)17-12-10-16(11-13-17)25(2)3/h4-14,21,28H,1-3H3. The molecule has 0 saturated carbocycles. The predicted molar refractivity (Wildman–Crippen MR) is 120 cm³/mol. The van der Waals surface area contributed by atoms with Gasteiger partial charge in [0.05, 0.1) is 16.5 Å². The number of rotatable bonds is 5. The molecule has 152 valence electrons. The van der Waals surface area contributed by atoms with Gasteiger partial charge in [-0.15, -0.1) is 11.3 Å². The first-order valence-corrected chi connectivity index (χ1v) is 10.5. The Balaban J connectivity index is 1.87. The minimum absolute atomic E-state index is 0.119. The molecule has 1 aliphatic rings. The fraction of sp³-hybridized carbons (Fsp3) is 0.167. The van der Waals surface area contributed by atoms with Crippen molar-refractivity contribution in [3.8, 4) is 0 Å². The van der Waals surface area contributed by atoms with Gasteiger partial charge in [0, 0.05) is 25.5 Å². The van der Waals surface area contributed by atoms with Crippen LogP contribution in [-0.4, -0.2) is 30.9 Å². The second-order valence-electron chi connectivity index (χ2n) is 7.41. The summed E-state index contributed by atoms with van der Waals surface area (Å²) in [7, 11) is 3.88. The molecule has 1 unspecified atom stereocenters. The average molecular weight is 419 g/mol. The Morgan fingerprint density at radius 1 is 1.03 bits per heavy atom. The van der Waals surface area contributed by atoms with Crippen molar-refractivity contribution in [1.82, 2.24) is 0 Å². The van der Waals surface area contributed by atoms with Crippen LogP contribution in [0.5, 0.6) is 0 Å². The molecule has 30 heavy (non-hydrogen) atoms. The first kappa shape index (κ1) is 19.9. The molecule has 0 fully saturated rings. The number of aliphatic hydroxyl groups excluding tert-OH is 1. The lowest BCUT2D eigenvalue weighted by Gasteiger charge is -2.28. The van der Waals surface area contributed by atoms with E-state index in [0.717, 1.165) is 16.8 Å². The van der Waals surface area contributed by atoms with Crippen LogP contribution in [0, 0.1) is 6.92 Å². The number of nitrogens with zero attached hydrogens (tertiary/aromatic N) is 2. The summed E-state index contributed by atoms with van der Waals surface area (Å²) < 4.78 is 0. The van der Waals surface area contributed by atoms with Crippen LogP contribution in [0.15, 0.2) is 77.4 Å². The van der Waals surface area contributed by atoms with Crippen LogP contribution in [0.1, 0.15) is 26.8 Å². The van der Waals surface area contributed by atoms with E-state index in [1.165, 1.54) is 16.2 Å². The van der Waals surface area contributed by atoms with Crippen molar-refractivity contribution in [2.24, 2.45) is 0 Å². The van der Waals surface area contributed by atoms with Crippen LogP contribution in [0.3, 0.4) is 0 Å². The van der Waals surface area contributed by atoms with Gasteiger partial charge in [-0.2, -0.15) is 0 Å². The number of anilines is 2. The lowest BCUT2D eigenvalue weighted by atomic mass is 9.92. The van der Waals surface area contributed by atoms with Gasteiger partial charge in [0.25, 0.3) is 5.91 Å². The summed E-state index contributed by atoms with van der Waals surface area (Å²) in [5.41, 5.74) is 3.49. The molecule has 2 aromatic carbocycles. The first-order chi connectivity index (χ1) is 14.4. The SMILES string of the molecule is Cc1ccccc1C1C(C(=O)c2cccs2)=C(O)C(=O)N1c1ccc(N(C)C)cc1. The van der Waals surface area contributed by atoms with E-state index in [4.69, 9.17) is 0 Å². The summed E-state index contributed by atoms with van der Waals surface area (Å²) >= 11 is 1.29. The quantitative estimate of drug-likeness (QED) is 0.599. The number of amides is 1. The van der Waals surface area contributed by atoms with Gasteiger partial charge < -0.3 is 10.0 Å². The van der Waals surface area contributed by atoms with Crippen molar-refractivity contribution in [2.75, 3.05) is 23.9 Å². The maximum absolute atomic E-state index is 13.3. The zero-order chi connectivity index (χ0) is 21.4. The fourth-order valence-electron chi connectivity index (χ4n) is 3.74. The third-order valence-electron chi connectivity index (χ3n) is 5.33. The molecule has 6 heteroatoms. The highest BCUT2D eigenvalue weighted by molar-refractivity contribution is 7.12. The van der Waals surface area contributed by atoms with Crippen molar-refractivity contribution in [1.29, 1.82) is 0 Å². The van der Waals surface area contributed by atoms with Gasteiger partial charge >= 0.3 is 0 Å². The van der Waals surface area contributed by atoms with E-state index in [2.05, 4.69) is 0 Å². The number of aryl methyl sites for hydroxylation is 1. The summed E-state index contributed by atoms with van der Waals surface area (Å²) in [6.07, 6.45) is 0. The van der Waals surface area contributed by atoms with Gasteiger partial charge in [-0.05, 0) is 53.8 Å². The smallest absolute Gasteiger partial charge is 0.294 e. The molecule has 4 rings (SSSR count). The van der Waals surface area contributed by atoms with Gasteiger partial charge in [-0.25, -0.2) is 0 Å². The molecule has 0 radical (unpaired) electrons. The van der Waals surface area contributed by atoms with Crippen molar-refractivity contribution < 1.29 is 14.7 Å². The predicted octanol–water partition coefficient (Wildman–Crippen LogP) is 4.91. The molecule has 0 bridgehead atoms. The van der Waals surface area contributed by atoms with Crippen LogP contribution in [-0.2, 0) is 4.79 Å². The van der Waals surface area contributed by atoms with E-state index in [-0.39, 0.29) is 11.4 Å². The Hall–Kier alpha value is -3.38. The fourth-order valence-corrected chi connectivity index (χ4v) is 4.42. The molecule has 0 spiro atoms.